The zero-order chi connectivity index (χ0) is 16.2. The molecule has 0 fully saturated rings. The van der Waals surface area contributed by atoms with Gasteiger partial charge in [-0.1, -0.05) is 0 Å². The van der Waals surface area contributed by atoms with Gasteiger partial charge in [0.2, 0.25) is 0 Å². The van der Waals surface area contributed by atoms with Gasteiger partial charge in [-0.15, -0.1) is 13.2 Å². The zero-order valence-corrected chi connectivity index (χ0v) is 10.7. The number of rotatable bonds is 5. The Bertz CT molecular complexity index is 519. The van der Waals surface area contributed by atoms with Crippen LogP contribution in [0, 0.1) is 0 Å². The fourth-order valence-corrected chi connectivity index (χ4v) is 1.55. The van der Waals surface area contributed by atoms with Crippen molar-refractivity contribution in [3.05, 3.63) is 23.0 Å². The van der Waals surface area contributed by atoms with Crippen LogP contribution in [0.25, 0.3) is 0 Å². The lowest BCUT2D eigenvalue weighted by Crippen LogP contribution is -2.20. The van der Waals surface area contributed by atoms with Gasteiger partial charge in [0.15, 0.2) is 0 Å². The standard InChI is InChI=1S/C11H11F5N2O3/c1-20-8(19)3-5-2-7(21-11(14,15)16)9(10(12)13)6(4-17)18-5/h2,10H,3-4,17H2,1H3. The number of aromatic nitrogens is 1. The Morgan fingerprint density at radius 1 is 1.43 bits per heavy atom. The maximum absolute atomic E-state index is 12.9. The molecule has 0 spiro atoms. The third-order valence-electron chi connectivity index (χ3n) is 2.34. The third-order valence-corrected chi connectivity index (χ3v) is 2.34. The number of ether oxygens (including phenoxy) is 2. The van der Waals surface area contributed by atoms with E-state index in [9.17, 15) is 26.7 Å². The fourth-order valence-electron chi connectivity index (χ4n) is 1.55. The Morgan fingerprint density at radius 3 is 2.48 bits per heavy atom. The number of pyridine rings is 1. The predicted molar refractivity (Wildman–Crippen MR) is 59.5 cm³/mol. The Kier molecular flexibility index (Phi) is 5.41. The van der Waals surface area contributed by atoms with Crippen molar-refractivity contribution >= 4 is 5.97 Å². The van der Waals surface area contributed by atoms with Crippen molar-refractivity contribution in [2.75, 3.05) is 7.11 Å². The molecular weight excluding hydrogens is 303 g/mol. The van der Waals surface area contributed by atoms with Crippen molar-refractivity contribution in [1.82, 2.24) is 4.98 Å². The SMILES string of the molecule is COC(=O)Cc1cc(OC(F)(F)F)c(C(F)F)c(CN)n1. The second-order valence-electron chi connectivity index (χ2n) is 3.78. The van der Waals surface area contributed by atoms with E-state index >= 15 is 0 Å². The molecule has 1 rings (SSSR count). The molecule has 0 aromatic carbocycles. The monoisotopic (exact) mass is 314 g/mol. The number of alkyl halides is 5. The van der Waals surface area contributed by atoms with Crippen LogP contribution in [0.3, 0.4) is 0 Å². The van der Waals surface area contributed by atoms with Gasteiger partial charge in [-0.25, -0.2) is 8.78 Å². The maximum Gasteiger partial charge on any atom is 0.573 e. The first-order valence-corrected chi connectivity index (χ1v) is 5.51. The first kappa shape index (κ1) is 17.1. The highest BCUT2D eigenvalue weighted by atomic mass is 19.4. The van der Waals surface area contributed by atoms with Crippen LogP contribution >= 0.6 is 0 Å². The van der Waals surface area contributed by atoms with E-state index in [0.717, 1.165) is 7.11 Å². The number of esters is 1. The number of carbonyl (C=O) groups is 1. The van der Waals surface area contributed by atoms with Crippen molar-refractivity contribution in [2.24, 2.45) is 5.73 Å². The van der Waals surface area contributed by atoms with Crippen LogP contribution in [-0.4, -0.2) is 24.4 Å². The van der Waals surface area contributed by atoms with Crippen LogP contribution in [0.15, 0.2) is 6.07 Å². The normalized spacial score (nSPS) is 11.6. The average Bonchev–Trinajstić information content (AvgIpc) is 2.35. The minimum absolute atomic E-state index is 0.217. The Morgan fingerprint density at radius 2 is 2.05 bits per heavy atom. The van der Waals surface area contributed by atoms with E-state index in [1.807, 2.05) is 0 Å². The number of nitrogens with zero attached hydrogens (tertiary/aromatic N) is 1. The van der Waals surface area contributed by atoms with Crippen molar-refractivity contribution < 1.29 is 36.2 Å². The summed E-state index contributed by atoms with van der Waals surface area (Å²) in [5.74, 6) is -1.93. The molecule has 0 radical (unpaired) electrons. The number of hydrogen-bond acceptors (Lipinski definition) is 5. The number of methoxy groups -OCH3 is 1. The zero-order valence-electron chi connectivity index (χ0n) is 10.7. The molecule has 21 heavy (non-hydrogen) atoms. The van der Waals surface area contributed by atoms with Crippen LogP contribution in [0.5, 0.6) is 5.75 Å². The molecule has 1 heterocycles. The van der Waals surface area contributed by atoms with Crippen molar-refractivity contribution in [3.8, 4) is 5.75 Å². The van der Waals surface area contributed by atoms with Crippen LogP contribution < -0.4 is 10.5 Å². The van der Waals surface area contributed by atoms with E-state index in [0.29, 0.717) is 6.07 Å². The second-order valence-corrected chi connectivity index (χ2v) is 3.78. The minimum Gasteiger partial charge on any atom is -0.469 e. The molecule has 1 aromatic rings. The molecule has 5 nitrogen and oxygen atoms in total. The number of halogens is 5. The minimum atomic E-state index is -5.17. The van der Waals surface area contributed by atoms with Gasteiger partial charge in [0.1, 0.15) is 5.75 Å². The smallest absolute Gasteiger partial charge is 0.469 e. The van der Waals surface area contributed by atoms with E-state index in [4.69, 9.17) is 5.73 Å². The van der Waals surface area contributed by atoms with Gasteiger partial charge >= 0.3 is 12.3 Å². The summed E-state index contributed by atoms with van der Waals surface area (Å²) in [6, 6.07) is 0.616. The molecule has 10 heteroatoms. The summed E-state index contributed by atoms with van der Waals surface area (Å²) >= 11 is 0. The molecule has 0 saturated heterocycles. The average molecular weight is 314 g/mol. The highest BCUT2D eigenvalue weighted by Gasteiger charge is 2.34. The van der Waals surface area contributed by atoms with Crippen molar-refractivity contribution in [1.29, 1.82) is 0 Å². The predicted octanol–water partition coefficient (Wildman–Crippen LogP) is 2.09. The van der Waals surface area contributed by atoms with E-state index in [-0.39, 0.29) is 5.69 Å². The summed E-state index contributed by atoms with van der Waals surface area (Å²) in [6.45, 7) is -0.539. The van der Waals surface area contributed by atoms with E-state index < -0.39 is 48.7 Å². The molecule has 0 aliphatic heterocycles. The fraction of sp³-hybridized carbons (Fsp3) is 0.455. The van der Waals surface area contributed by atoms with Gasteiger partial charge in [0.25, 0.3) is 6.43 Å². The largest absolute Gasteiger partial charge is 0.573 e. The second kappa shape index (κ2) is 6.66. The molecule has 1 aromatic heterocycles. The van der Waals surface area contributed by atoms with Gasteiger partial charge in [-0.05, 0) is 0 Å². The highest BCUT2D eigenvalue weighted by molar-refractivity contribution is 5.72. The van der Waals surface area contributed by atoms with Gasteiger partial charge in [0, 0.05) is 12.6 Å². The topological polar surface area (TPSA) is 74.4 Å². The Labute approximate surface area is 115 Å². The molecule has 0 atom stereocenters. The summed E-state index contributed by atoms with van der Waals surface area (Å²) in [7, 11) is 1.06. The van der Waals surface area contributed by atoms with Crippen LogP contribution in [-0.2, 0) is 22.5 Å². The number of nitrogens with two attached hydrogens (primary N) is 1. The van der Waals surface area contributed by atoms with E-state index in [1.54, 1.807) is 0 Å². The summed E-state index contributed by atoms with van der Waals surface area (Å²) < 4.78 is 70.5. The van der Waals surface area contributed by atoms with Gasteiger partial charge < -0.3 is 15.2 Å². The van der Waals surface area contributed by atoms with Crippen molar-refractivity contribution in [3.63, 3.8) is 0 Å². The van der Waals surface area contributed by atoms with Gasteiger partial charge in [0.05, 0.1) is 30.5 Å². The third kappa shape index (κ3) is 4.81. The first-order chi connectivity index (χ1) is 9.67. The summed E-state index contributed by atoms with van der Waals surface area (Å²) in [4.78, 5) is 14.7. The summed E-state index contributed by atoms with van der Waals surface area (Å²) in [6.07, 6.45) is -8.93. The van der Waals surface area contributed by atoms with Gasteiger partial charge in [-0.2, -0.15) is 0 Å². The molecule has 118 valence electrons. The van der Waals surface area contributed by atoms with Crippen molar-refractivity contribution in [2.45, 2.75) is 25.8 Å². The quantitative estimate of drug-likeness (QED) is 0.665. The summed E-state index contributed by atoms with van der Waals surface area (Å²) in [5, 5.41) is 0. The molecule has 0 unspecified atom stereocenters. The number of hydrogen-bond donors (Lipinski definition) is 1. The first-order valence-electron chi connectivity index (χ1n) is 5.51. The van der Waals surface area contributed by atoms with E-state index in [2.05, 4.69) is 14.5 Å². The van der Waals surface area contributed by atoms with Crippen LogP contribution in [0.4, 0.5) is 22.0 Å². The Balaban J connectivity index is 3.33. The lowest BCUT2D eigenvalue weighted by atomic mass is 10.1. The van der Waals surface area contributed by atoms with Crippen LogP contribution in [0.2, 0.25) is 0 Å². The lowest BCUT2D eigenvalue weighted by Gasteiger charge is -2.16. The molecule has 0 aliphatic rings. The summed E-state index contributed by atoms with van der Waals surface area (Å²) in [5.41, 5.74) is 3.45. The lowest BCUT2D eigenvalue weighted by molar-refractivity contribution is -0.275. The maximum atomic E-state index is 12.9. The molecule has 0 amide bonds. The molecule has 0 aliphatic carbocycles. The molecule has 0 saturated carbocycles. The highest BCUT2D eigenvalue weighted by Crippen LogP contribution is 2.35. The molecule has 2 N–H and O–H groups in total. The molecule has 0 bridgehead atoms. The molecular formula is C11H11F5N2O3. The van der Waals surface area contributed by atoms with Gasteiger partial charge in [-0.3, -0.25) is 9.78 Å². The van der Waals surface area contributed by atoms with E-state index in [1.165, 1.54) is 0 Å². The number of carbonyl (C=O) groups excluding carboxylic acids is 1. The Hall–Kier alpha value is -1.97. The van der Waals surface area contributed by atoms with Crippen LogP contribution in [0.1, 0.15) is 23.4 Å².